The first kappa shape index (κ1) is 39.3. The lowest BCUT2D eigenvalue weighted by atomic mass is 10.1. The van der Waals surface area contributed by atoms with Crippen molar-refractivity contribution < 1.29 is 28.7 Å². The normalized spacial score (nSPS) is 17.3. The van der Waals surface area contributed by atoms with Crippen molar-refractivity contribution in [1.29, 1.82) is 0 Å². The molecule has 0 spiro atoms. The van der Waals surface area contributed by atoms with Crippen LogP contribution < -0.4 is 11.5 Å². The zero-order valence-electron chi connectivity index (χ0n) is 32.8. The van der Waals surface area contributed by atoms with Gasteiger partial charge in [0.15, 0.2) is 0 Å². The predicted molar refractivity (Wildman–Crippen MR) is 215 cm³/mol. The summed E-state index contributed by atoms with van der Waals surface area (Å²) in [5.74, 6) is 0.390. The fraction of sp³-hybridized carbons (Fsp3) is 0.286. The maximum absolute atomic E-state index is 13.8. The lowest BCUT2D eigenvalue weighted by Gasteiger charge is -2.27. The van der Waals surface area contributed by atoms with Crippen LogP contribution in [-0.2, 0) is 19.1 Å². The van der Waals surface area contributed by atoms with Gasteiger partial charge in [-0.15, -0.1) is 0 Å². The van der Waals surface area contributed by atoms with Gasteiger partial charge in [-0.2, -0.15) is 0 Å². The third kappa shape index (κ3) is 7.98. The number of aryl methyl sites for hydroxylation is 2. The number of imidazole rings is 2. The second-order valence-corrected chi connectivity index (χ2v) is 14.6. The second-order valence-electron chi connectivity index (χ2n) is 14.6. The molecule has 2 aliphatic heterocycles. The molecule has 2 unspecified atom stereocenters. The Labute approximate surface area is 343 Å². The lowest BCUT2D eigenvalue weighted by Crippen LogP contribution is -2.37. The number of carbonyl (C=O) groups is 4. The smallest absolute Gasteiger partial charge is 0.405 e. The topological polar surface area (TPSA) is 254 Å². The standard InChI is InChI=1S/C42H42N12O6/c1-23-33(49-24(2)34(50-23)30-22-48-38(52-30)32-16-10-18-54(32)40(56)36(60-42(44)58)26-13-7-4-8-14-26)29-21-45-27(19-46-29)28-20-47-37(51-28)31-15-9-17-53(31)39(55)35(59-41(43)57)25-11-5-3-6-12-25/h3-8,11-14,19-22,31-32,35-36H,9-10,15-18H2,1-2H3,(H2,43,57)(H2,44,58)(H,47,51)(H,48,52)/t31?,32?,35-,36-/m1/s1. The van der Waals surface area contributed by atoms with Crippen molar-refractivity contribution in [3.8, 4) is 34.2 Å². The first-order valence-electron chi connectivity index (χ1n) is 19.5. The van der Waals surface area contributed by atoms with E-state index in [1.54, 1.807) is 83.1 Å². The lowest BCUT2D eigenvalue weighted by molar-refractivity contribution is -0.142. The van der Waals surface area contributed by atoms with E-state index in [-0.39, 0.29) is 23.9 Å². The molecule has 2 aliphatic rings. The highest BCUT2D eigenvalue weighted by Gasteiger charge is 2.39. The summed E-state index contributed by atoms with van der Waals surface area (Å²) >= 11 is 0. The van der Waals surface area contributed by atoms with Gasteiger partial charge in [0, 0.05) is 24.2 Å². The highest BCUT2D eigenvalue weighted by Crippen LogP contribution is 2.37. The van der Waals surface area contributed by atoms with E-state index in [1.165, 1.54) is 0 Å². The van der Waals surface area contributed by atoms with Crippen LogP contribution in [0, 0.1) is 13.8 Å². The van der Waals surface area contributed by atoms with Crippen molar-refractivity contribution in [2.75, 3.05) is 13.1 Å². The summed E-state index contributed by atoms with van der Waals surface area (Å²) in [6.45, 7) is 4.61. The summed E-state index contributed by atoms with van der Waals surface area (Å²) in [4.78, 5) is 89.3. The molecule has 2 saturated heterocycles. The number of hydrogen-bond donors (Lipinski definition) is 4. The number of nitrogens with zero attached hydrogens (tertiary/aromatic N) is 8. The Morgan fingerprint density at radius 1 is 0.617 bits per heavy atom. The SMILES string of the molecule is Cc1nc(-c2cnc(C3CCCN3C(=O)[C@H](OC(N)=O)c3ccccc3)[nH]2)c(C)nc1-c1cnc(-c2cnc(C3CCCN3C(=O)[C@H](OC(N)=O)c3ccccc3)[nH]2)cn1. The molecule has 0 saturated carbocycles. The molecule has 306 valence electrons. The summed E-state index contributed by atoms with van der Waals surface area (Å²) in [6, 6.07) is 16.8. The van der Waals surface area contributed by atoms with Crippen molar-refractivity contribution in [2.45, 2.75) is 63.8 Å². The summed E-state index contributed by atoms with van der Waals surface area (Å²) in [7, 11) is 0. The number of nitrogens with two attached hydrogens (primary N) is 2. The Morgan fingerprint density at radius 2 is 1.07 bits per heavy atom. The van der Waals surface area contributed by atoms with Crippen LogP contribution in [0.25, 0.3) is 34.2 Å². The van der Waals surface area contributed by atoms with Crippen LogP contribution in [0.5, 0.6) is 0 Å². The average molecular weight is 811 g/mol. The highest BCUT2D eigenvalue weighted by molar-refractivity contribution is 5.86. The Kier molecular flexibility index (Phi) is 11.0. The molecule has 4 aromatic heterocycles. The fourth-order valence-corrected chi connectivity index (χ4v) is 7.89. The van der Waals surface area contributed by atoms with Gasteiger partial charge in [-0.3, -0.25) is 19.6 Å². The van der Waals surface area contributed by atoms with Crippen molar-refractivity contribution in [1.82, 2.24) is 49.7 Å². The number of primary amides is 2. The van der Waals surface area contributed by atoms with Gasteiger partial charge >= 0.3 is 12.2 Å². The molecular weight excluding hydrogens is 769 g/mol. The van der Waals surface area contributed by atoms with E-state index in [2.05, 4.69) is 29.9 Å². The molecular formula is C42H42N12O6. The van der Waals surface area contributed by atoms with Crippen LogP contribution in [-0.4, -0.2) is 86.8 Å². The molecule has 6 heterocycles. The van der Waals surface area contributed by atoms with E-state index in [0.717, 1.165) is 12.8 Å². The van der Waals surface area contributed by atoms with E-state index in [1.807, 2.05) is 26.0 Å². The molecule has 60 heavy (non-hydrogen) atoms. The van der Waals surface area contributed by atoms with Gasteiger partial charge in [-0.25, -0.2) is 29.5 Å². The second kappa shape index (κ2) is 16.8. The number of H-pyrrole nitrogens is 2. The zero-order chi connectivity index (χ0) is 41.9. The number of aromatic amines is 2. The molecule has 0 bridgehead atoms. The molecule has 6 N–H and O–H groups in total. The number of hydrogen-bond acceptors (Lipinski definition) is 12. The molecule has 0 radical (unpaired) electrons. The van der Waals surface area contributed by atoms with Crippen LogP contribution in [0.15, 0.2) is 85.5 Å². The number of likely N-dealkylation sites (tertiary alicyclic amines) is 2. The predicted octanol–water partition coefficient (Wildman–Crippen LogP) is 5.33. The van der Waals surface area contributed by atoms with Crippen LogP contribution in [0.4, 0.5) is 9.59 Å². The monoisotopic (exact) mass is 810 g/mol. The van der Waals surface area contributed by atoms with Gasteiger partial charge in [0.1, 0.15) is 34.4 Å². The first-order valence-corrected chi connectivity index (χ1v) is 19.5. The number of benzene rings is 2. The minimum atomic E-state index is -1.18. The molecule has 8 rings (SSSR count). The third-order valence-corrected chi connectivity index (χ3v) is 10.7. The Bertz CT molecular complexity index is 2530. The number of nitrogens with one attached hydrogen (secondary N) is 2. The van der Waals surface area contributed by atoms with Crippen LogP contribution in [0.1, 0.15) is 84.1 Å². The molecule has 4 atom stereocenters. The summed E-state index contributed by atoms with van der Waals surface area (Å²) in [5.41, 5.74) is 16.4. The highest BCUT2D eigenvalue weighted by atomic mass is 16.6. The number of aromatic nitrogens is 8. The van der Waals surface area contributed by atoms with E-state index in [0.29, 0.717) is 94.3 Å². The maximum atomic E-state index is 13.8. The fourth-order valence-electron chi connectivity index (χ4n) is 7.89. The maximum Gasteiger partial charge on any atom is 0.405 e. The van der Waals surface area contributed by atoms with Gasteiger partial charge < -0.3 is 40.7 Å². The molecule has 4 amide bonds. The van der Waals surface area contributed by atoms with Crippen LogP contribution in [0.2, 0.25) is 0 Å². The number of rotatable bonds is 11. The van der Waals surface area contributed by atoms with Crippen molar-refractivity contribution in [3.05, 3.63) is 120 Å². The van der Waals surface area contributed by atoms with Gasteiger partial charge in [-0.1, -0.05) is 60.7 Å². The summed E-state index contributed by atoms with van der Waals surface area (Å²) in [5, 5.41) is 0. The number of amides is 4. The minimum Gasteiger partial charge on any atom is -0.431 e. The van der Waals surface area contributed by atoms with Gasteiger partial charge in [-0.05, 0) is 39.5 Å². The third-order valence-electron chi connectivity index (χ3n) is 10.7. The molecule has 6 aromatic rings. The molecule has 18 nitrogen and oxygen atoms in total. The first-order chi connectivity index (χ1) is 29.0. The van der Waals surface area contributed by atoms with E-state index < -0.39 is 24.4 Å². The van der Waals surface area contributed by atoms with E-state index >= 15 is 0 Å². The van der Waals surface area contributed by atoms with E-state index in [4.69, 9.17) is 30.9 Å². The Hall–Kier alpha value is -7.50. The van der Waals surface area contributed by atoms with Gasteiger partial charge in [0.25, 0.3) is 11.8 Å². The molecule has 18 heteroatoms. The van der Waals surface area contributed by atoms with Crippen LogP contribution >= 0.6 is 0 Å². The molecule has 2 fully saturated rings. The average Bonchev–Trinajstić information content (AvgIpc) is 4.10. The quantitative estimate of drug-likeness (QED) is 0.130. The van der Waals surface area contributed by atoms with Gasteiger partial charge in [0.2, 0.25) is 12.2 Å². The molecule has 0 aliphatic carbocycles. The Balaban J connectivity index is 0.967. The van der Waals surface area contributed by atoms with Crippen molar-refractivity contribution >= 4 is 24.0 Å². The van der Waals surface area contributed by atoms with E-state index in [9.17, 15) is 19.2 Å². The summed E-state index contributed by atoms with van der Waals surface area (Å²) < 4.78 is 10.6. The van der Waals surface area contributed by atoms with Crippen molar-refractivity contribution in [3.63, 3.8) is 0 Å². The largest absolute Gasteiger partial charge is 0.431 e. The van der Waals surface area contributed by atoms with Crippen LogP contribution in [0.3, 0.4) is 0 Å². The number of ether oxygens (including phenoxy) is 2. The van der Waals surface area contributed by atoms with Gasteiger partial charge in [0.05, 0.1) is 59.6 Å². The van der Waals surface area contributed by atoms with Crippen molar-refractivity contribution in [2.24, 2.45) is 11.5 Å². The number of carbonyl (C=O) groups excluding carboxylic acids is 4. The molecule has 2 aromatic carbocycles. The Morgan fingerprint density at radius 3 is 1.57 bits per heavy atom. The zero-order valence-corrected chi connectivity index (χ0v) is 32.8. The minimum absolute atomic E-state index is 0.374. The summed E-state index contributed by atoms with van der Waals surface area (Å²) in [6.07, 6.45) is 4.94.